The van der Waals surface area contributed by atoms with E-state index < -0.39 is 17.4 Å². The number of hydrogen-bond acceptors (Lipinski definition) is 4. The molecular weight excluding hydrogens is 375 g/mol. The number of cyclic esters (lactones) is 1. The van der Waals surface area contributed by atoms with Crippen molar-refractivity contribution in [1.29, 1.82) is 0 Å². The van der Waals surface area contributed by atoms with Crippen LogP contribution in [-0.4, -0.2) is 53.2 Å². The van der Waals surface area contributed by atoms with Crippen molar-refractivity contribution in [2.45, 2.75) is 43.3 Å². The summed E-state index contributed by atoms with van der Waals surface area (Å²) in [5.74, 6) is -0.979. The Morgan fingerprint density at radius 1 is 1.24 bits per heavy atom. The maximum atomic E-state index is 13.5. The molecule has 4 atom stereocenters. The van der Waals surface area contributed by atoms with Crippen LogP contribution in [0.15, 0.2) is 24.4 Å². The fourth-order valence-electron chi connectivity index (χ4n) is 6.05. The van der Waals surface area contributed by atoms with Crippen LogP contribution < -0.4 is 0 Å². The van der Waals surface area contributed by atoms with Crippen LogP contribution in [0, 0.1) is 17.7 Å². The summed E-state index contributed by atoms with van der Waals surface area (Å²) in [5.41, 5.74) is 1.44. The molecule has 6 nitrogen and oxygen atoms in total. The van der Waals surface area contributed by atoms with Crippen LogP contribution >= 0.6 is 0 Å². The van der Waals surface area contributed by atoms with Gasteiger partial charge in [0.1, 0.15) is 23.9 Å². The minimum Gasteiger partial charge on any atom is -0.462 e. The zero-order valence-electron chi connectivity index (χ0n) is 16.0. The molecule has 0 aliphatic carbocycles. The number of benzene rings is 1. The number of fused-ring (bicyclic) bond motifs is 2. The second-order valence-corrected chi connectivity index (χ2v) is 8.90. The van der Waals surface area contributed by atoms with Crippen LogP contribution in [0.3, 0.4) is 0 Å². The lowest BCUT2D eigenvalue weighted by molar-refractivity contribution is -0.150. The number of halogens is 1. The number of amides is 1. The number of nitrogens with one attached hydrogen (secondary N) is 1. The van der Waals surface area contributed by atoms with Gasteiger partial charge in [0.05, 0.1) is 12.0 Å². The first-order chi connectivity index (χ1) is 14.1. The third-order valence-electron chi connectivity index (χ3n) is 7.48. The van der Waals surface area contributed by atoms with Crippen LogP contribution in [0.2, 0.25) is 0 Å². The summed E-state index contributed by atoms with van der Waals surface area (Å²) >= 11 is 0. The van der Waals surface area contributed by atoms with Crippen LogP contribution in [0.25, 0.3) is 10.9 Å². The molecule has 1 amide bonds. The molecule has 0 radical (unpaired) electrons. The van der Waals surface area contributed by atoms with Crippen molar-refractivity contribution in [3.05, 3.63) is 35.8 Å². The molecule has 1 spiro atoms. The second kappa shape index (κ2) is 6.05. The molecule has 0 saturated carbocycles. The Labute approximate surface area is 167 Å². The van der Waals surface area contributed by atoms with Crippen LogP contribution in [0.5, 0.6) is 0 Å². The van der Waals surface area contributed by atoms with Crippen molar-refractivity contribution >= 4 is 22.8 Å². The van der Waals surface area contributed by atoms with E-state index in [1.54, 1.807) is 0 Å². The van der Waals surface area contributed by atoms with Crippen LogP contribution in [-0.2, 0) is 19.1 Å². The minimum atomic E-state index is -0.556. The molecule has 0 unspecified atom stereocenters. The predicted molar refractivity (Wildman–Crippen MR) is 102 cm³/mol. The van der Waals surface area contributed by atoms with Crippen molar-refractivity contribution in [2.24, 2.45) is 11.8 Å². The number of carbonyl (C=O) groups is 2. The summed E-state index contributed by atoms with van der Waals surface area (Å²) in [4.78, 5) is 30.7. The number of aromatic nitrogens is 1. The number of hydrogen-bond donors (Lipinski definition) is 1. The van der Waals surface area contributed by atoms with Crippen molar-refractivity contribution < 1.29 is 23.5 Å². The Kier molecular flexibility index (Phi) is 3.64. The van der Waals surface area contributed by atoms with Gasteiger partial charge in [0, 0.05) is 30.2 Å². The Hall–Kier alpha value is -2.41. The summed E-state index contributed by atoms with van der Waals surface area (Å²) in [6.07, 6.45) is 5.16. The van der Waals surface area contributed by atoms with E-state index in [9.17, 15) is 14.0 Å². The van der Waals surface area contributed by atoms with E-state index in [0.29, 0.717) is 25.6 Å². The van der Waals surface area contributed by atoms with Crippen molar-refractivity contribution in [3.63, 3.8) is 0 Å². The molecule has 2 aromatic rings. The minimum absolute atomic E-state index is 0.0415. The summed E-state index contributed by atoms with van der Waals surface area (Å²) in [6.45, 7) is 1.62. The number of aromatic amines is 1. The molecule has 1 N–H and O–H groups in total. The van der Waals surface area contributed by atoms with E-state index in [4.69, 9.17) is 9.47 Å². The van der Waals surface area contributed by atoms with E-state index in [-0.39, 0.29) is 23.8 Å². The highest BCUT2D eigenvalue weighted by molar-refractivity contribution is 5.89. The highest BCUT2D eigenvalue weighted by Gasteiger charge is 2.68. The molecule has 7 heteroatoms. The standard InChI is InChI=1S/C22H23FN2O4/c23-13-1-2-14-15(10-24-16(14)9-13)12-4-7-25(8-5-12)20(26)18-17-3-6-22(29-17)11-28-21(27)19(18)22/h1-2,9-10,12,17-19,24H,3-8,11H2/t17-,18-,19+,22-/m1/s1. The van der Waals surface area contributed by atoms with Gasteiger partial charge in [0.15, 0.2) is 0 Å². The number of nitrogens with zero attached hydrogens (tertiary/aromatic N) is 1. The predicted octanol–water partition coefficient (Wildman–Crippen LogP) is 2.73. The van der Waals surface area contributed by atoms with Crippen LogP contribution in [0.1, 0.15) is 37.2 Å². The number of rotatable bonds is 2. The van der Waals surface area contributed by atoms with Crippen molar-refractivity contribution in [2.75, 3.05) is 19.7 Å². The average Bonchev–Trinajstić information content (AvgIpc) is 3.48. The van der Waals surface area contributed by atoms with E-state index in [1.807, 2.05) is 17.2 Å². The summed E-state index contributed by atoms with van der Waals surface area (Å²) in [6, 6.07) is 4.83. The van der Waals surface area contributed by atoms with Crippen molar-refractivity contribution in [1.82, 2.24) is 9.88 Å². The number of esters is 1. The zero-order valence-corrected chi connectivity index (χ0v) is 16.0. The van der Waals surface area contributed by atoms with Gasteiger partial charge in [0.2, 0.25) is 5.91 Å². The first kappa shape index (κ1) is 17.4. The molecule has 152 valence electrons. The Morgan fingerprint density at radius 2 is 2.07 bits per heavy atom. The number of piperidine rings is 1. The average molecular weight is 398 g/mol. The molecule has 4 saturated heterocycles. The van der Waals surface area contributed by atoms with E-state index >= 15 is 0 Å². The van der Waals surface area contributed by atoms with Gasteiger partial charge in [-0.15, -0.1) is 0 Å². The Bertz CT molecular complexity index is 1010. The molecule has 29 heavy (non-hydrogen) atoms. The van der Waals surface area contributed by atoms with Gasteiger partial charge in [-0.25, -0.2) is 4.39 Å². The van der Waals surface area contributed by atoms with Gasteiger partial charge < -0.3 is 19.4 Å². The normalized spacial score (nSPS) is 34.0. The highest BCUT2D eigenvalue weighted by atomic mass is 19.1. The summed E-state index contributed by atoms with van der Waals surface area (Å²) in [5, 5.41) is 1.05. The molecule has 5 heterocycles. The SMILES string of the molecule is O=C1OC[C@@]23CC[C@@H](O2)[C@@H](C(=O)N2CCC(c4c[nH]c5cc(F)ccc45)CC2)[C@@H]13. The topological polar surface area (TPSA) is 71.6 Å². The molecule has 4 aliphatic rings. The van der Waals surface area contributed by atoms with Gasteiger partial charge in [-0.1, -0.05) is 0 Å². The van der Waals surface area contributed by atoms with Gasteiger partial charge >= 0.3 is 5.97 Å². The molecule has 4 aliphatic heterocycles. The number of H-pyrrole nitrogens is 1. The molecule has 1 aromatic heterocycles. The fourth-order valence-corrected chi connectivity index (χ4v) is 6.05. The highest BCUT2D eigenvalue weighted by Crippen LogP contribution is 2.55. The monoisotopic (exact) mass is 398 g/mol. The molecular formula is C22H23FN2O4. The number of likely N-dealkylation sites (tertiary alicyclic amines) is 1. The third-order valence-corrected chi connectivity index (χ3v) is 7.48. The smallest absolute Gasteiger partial charge is 0.313 e. The van der Waals surface area contributed by atoms with Gasteiger partial charge in [0.25, 0.3) is 0 Å². The van der Waals surface area contributed by atoms with E-state index in [2.05, 4.69) is 4.98 Å². The Balaban J connectivity index is 1.18. The largest absolute Gasteiger partial charge is 0.462 e. The number of ether oxygens (including phenoxy) is 2. The first-order valence-corrected chi connectivity index (χ1v) is 10.5. The zero-order chi connectivity index (χ0) is 19.8. The number of carbonyl (C=O) groups excluding carboxylic acids is 2. The van der Waals surface area contributed by atoms with Gasteiger partial charge in [-0.3, -0.25) is 9.59 Å². The first-order valence-electron chi connectivity index (χ1n) is 10.5. The van der Waals surface area contributed by atoms with E-state index in [0.717, 1.165) is 36.6 Å². The van der Waals surface area contributed by atoms with Gasteiger partial charge in [-0.05, 0) is 55.4 Å². The quantitative estimate of drug-likeness (QED) is 0.790. The molecule has 4 fully saturated rings. The fraction of sp³-hybridized carbons (Fsp3) is 0.545. The summed E-state index contributed by atoms with van der Waals surface area (Å²) < 4.78 is 24.8. The van der Waals surface area contributed by atoms with Crippen molar-refractivity contribution in [3.8, 4) is 0 Å². The second-order valence-electron chi connectivity index (χ2n) is 8.90. The maximum absolute atomic E-state index is 13.5. The lowest BCUT2D eigenvalue weighted by atomic mass is 9.72. The molecule has 2 bridgehead atoms. The van der Waals surface area contributed by atoms with E-state index in [1.165, 1.54) is 17.7 Å². The third kappa shape index (κ3) is 2.43. The molecule has 1 aromatic carbocycles. The lowest BCUT2D eigenvalue weighted by Crippen LogP contribution is -2.49. The lowest BCUT2D eigenvalue weighted by Gasteiger charge is -2.36. The van der Waals surface area contributed by atoms with Crippen LogP contribution in [0.4, 0.5) is 4.39 Å². The van der Waals surface area contributed by atoms with Gasteiger partial charge in [-0.2, -0.15) is 0 Å². The maximum Gasteiger partial charge on any atom is 0.313 e. The Morgan fingerprint density at radius 3 is 2.90 bits per heavy atom. The summed E-state index contributed by atoms with van der Waals surface area (Å²) in [7, 11) is 0. The molecule has 6 rings (SSSR count).